The second kappa shape index (κ2) is 72.6. The highest BCUT2D eigenvalue weighted by molar-refractivity contribution is 7.85. The number of hydrogen-bond donors (Lipinski definition) is 31. The molecule has 1 amide bonds. The van der Waals surface area contributed by atoms with Gasteiger partial charge in [0.2, 0.25) is 5.91 Å². The van der Waals surface area contributed by atoms with Crippen LogP contribution in [0, 0.1) is 0 Å². The van der Waals surface area contributed by atoms with Gasteiger partial charge >= 0.3 is 77.6 Å². The minimum Gasteiger partial charge on any atom is -0.508 e. The van der Waals surface area contributed by atoms with E-state index in [1.54, 1.807) is 12.1 Å². The summed E-state index contributed by atoms with van der Waals surface area (Å²) in [5, 5.41) is 125. The van der Waals surface area contributed by atoms with Crippen molar-refractivity contribution in [2.75, 3.05) is 57.4 Å². The smallest absolute Gasteiger partial charge is 0.322 e. The maximum Gasteiger partial charge on any atom is 0.322 e. The Hall–Kier alpha value is -8.70. The van der Waals surface area contributed by atoms with Gasteiger partial charge in [0, 0.05) is 38.1 Å². The second-order valence-corrected chi connectivity index (χ2v) is 20.1. The van der Waals surface area contributed by atoms with Crippen LogP contribution in [0.5, 0.6) is 5.75 Å². The second-order valence-electron chi connectivity index (χ2n) is 18.2. The van der Waals surface area contributed by atoms with Crippen LogP contribution >= 0.6 is 12.6 Å². The van der Waals surface area contributed by atoms with Gasteiger partial charge in [0.25, 0.3) is 10.1 Å². The zero-order chi connectivity index (χ0) is 79.4. The lowest BCUT2D eigenvalue weighted by Crippen LogP contribution is -2.33. The topological polar surface area (TPSA) is 947 Å². The summed E-state index contributed by atoms with van der Waals surface area (Å²) < 4.78 is 27.3. The molecule has 574 valence electrons. The molecule has 2 rings (SSSR count). The quantitative estimate of drug-likeness (QED) is 0.0242. The van der Waals surface area contributed by atoms with E-state index in [0.29, 0.717) is 32.4 Å². The lowest BCUT2D eigenvalue weighted by Gasteiger charge is -2.05. The van der Waals surface area contributed by atoms with E-state index in [4.69, 9.17) is 150 Å². The molecule has 1 aliphatic heterocycles. The van der Waals surface area contributed by atoms with Crippen molar-refractivity contribution in [1.82, 2.24) is 5.32 Å². The first-order valence-electron chi connectivity index (χ1n) is 27.6. The Morgan fingerprint density at radius 3 is 1.04 bits per heavy atom. The predicted molar refractivity (Wildman–Crippen MR) is 346 cm³/mol. The summed E-state index contributed by atoms with van der Waals surface area (Å²) in [6.45, 7) is 1.24. The van der Waals surface area contributed by atoms with Crippen molar-refractivity contribution in [2.24, 2.45) is 74.5 Å². The highest BCUT2D eigenvalue weighted by Gasteiger charge is 2.20. The minimum atomic E-state index is -3.80. The Kier molecular flexibility index (Phi) is 82.0. The van der Waals surface area contributed by atoms with E-state index in [9.17, 15) is 75.5 Å². The largest absolute Gasteiger partial charge is 0.508 e. The van der Waals surface area contributed by atoms with E-state index >= 15 is 0 Å². The fourth-order valence-electron chi connectivity index (χ4n) is 4.11. The van der Waals surface area contributed by atoms with Crippen LogP contribution in [0.3, 0.4) is 0 Å². The van der Waals surface area contributed by atoms with Crippen molar-refractivity contribution in [2.45, 2.75) is 132 Å². The highest BCUT2D eigenvalue weighted by Crippen LogP contribution is 2.11. The Labute approximate surface area is 565 Å². The van der Waals surface area contributed by atoms with Crippen LogP contribution in [0.25, 0.3) is 0 Å². The number of amides is 1. The third-order valence-electron chi connectivity index (χ3n) is 9.35. The first kappa shape index (κ1) is 111. The van der Waals surface area contributed by atoms with E-state index < -0.39 is 149 Å². The van der Waals surface area contributed by atoms with Crippen molar-refractivity contribution < 1.29 is 157 Å². The van der Waals surface area contributed by atoms with Crippen LogP contribution < -0.4 is 79.9 Å². The van der Waals surface area contributed by atoms with Gasteiger partial charge in [-0.05, 0) is 88.7 Å². The van der Waals surface area contributed by atoms with Crippen molar-refractivity contribution >= 4 is 106 Å². The van der Waals surface area contributed by atoms with E-state index in [1.807, 2.05) is 0 Å². The first-order valence-corrected chi connectivity index (χ1v) is 29.8. The number of hydrogen-bond acceptors (Lipinski definition) is 32. The highest BCUT2D eigenvalue weighted by atomic mass is 32.2. The number of benzene rings is 1. The number of aliphatic hydroxyl groups excluding tert-OH is 1. The summed E-state index contributed by atoms with van der Waals surface area (Å²) in [5.41, 5.74) is 65.0. The van der Waals surface area contributed by atoms with Gasteiger partial charge in [0.05, 0.1) is 31.7 Å². The summed E-state index contributed by atoms with van der Waals surface area (Å²) in [5.74, 6) is -13.8. The van der Waals surface area contributed by atoms with Gasteiger partial charge in [-0.25, -0.2) is 0 Å². The molecule has 0 radical (unpaired) electrons. The summed E-state index contributed by atoms with van der Waals surface area (Å²) in [6.07, 6.45) is 3.40. The Bertz CT molecular complexity index is 2450. The van der Waals surface area contributed by atoms with Crippen LogP contribution in [0.4, 0.5) is 0 Å². The maximum absolute atomic E-state index is 10.4. The fraction of sp³-hybridized carbons (Fsp3) is 0.600. The SMILES string of the molecule is NC(=O)CC[C@H](N)C(=O)O.NCC(=O)O.NCCC(=O)O.NCCCC(=O)O.NCCC[C@H](N)C(=O)O.NCCS(=O)(=O)O.N[C@@H](CC(=O)O)C(=O)O.N[C@@H](CCC(=O)O)C(=O)O.N[C@@H](CO)C(=O)O.N[C@@H](CS)C(=O)O.N[C@@H](Cc1ccc(O)cc1)C(=O)O.O=C(O)[C@@H]1CCCN1. The number of carbonyl (C=O) groups is 14. The monoisotopic (exact) mass is 1470 g/mol. The van der Waals surface area contributed by atoms with Crippen LogP contribution in [-0.4, -0.2) is 279 Å². The van der Waals surface area contributed by atoms with Gasteiger partial charge in [-0.2, -0.15) is 21.0 Å². The molecule has 1 aromatic carbocycles. The number of phenols is 1. The number of phenolic OH excluding ortho intramolecular Hbond substituents is 1. The average Bonchev–Trinajstić information content (AvgIpc) is 1.12. The van der Waals surface area contributed by atoms with Crippen LogP contribution in [0.15, 0.2) is 24.3 Å². The Morgan fingerprint density at radius 1 is 0.480 bits per heavy atom. The normalized spacial score (nSPS) is 13.1. The summed E-state index contributed by atoms with van der Waals surface area (Å²) in [6, 6.07) is -0.855. The average molecular weight is 1470 g/mol. The predicted octanol–water partition coefficient (Wildman–Crippen LogP) is -9.08. The van der Waals surface area contributed by atoms with Crippen LogP contribution in [0.2, 0.25) is 0 Å². The molecular weight excluding hydrogens is 1370 g/mol. The molecule has 0 bridgehead atoms. The molecule has 1 saturated heterocycles. The number of carboxylic acids is 13. The molecule has 1 aromatic rings. The molecule has 0 unspecified atom stereocenters. The van der Waals surface area contributed by atoms with Gasteiger partial charge in [-0.15, -0.1) is 0 Å². The van der Waals surface area contributed by atoms with Gasteiger partial charge < -0.3 is 156 Å². The van der Waals surface area contributed by atoms with Crippen LogP contribution in [0.1, 0.15) is 82.6 Å². The van der Waals surface area contributed by atoms with Gasteiger partial charge in [-0.3, -0.25) is 71.7 Å². The molecular formula is C50H100N14O32S2. The molecule has 1 fully saturated rings. The number of nitrogens with two attached hydrogens (primary N) is 13. The molecule has 0 aromatic heterocycles. The first-order chi connectivity index (χ1) is 44.9. The number of aliphatic hydroxyl groups is 1. The standard InChI is InChI=1S/C9H11NO3.C5H10N2O3.C5H12N2O2.C5H9NO4.C5H9NO2.C4H7NO4.C4H9NO2.C3H7NO3.C3H7NO2S.C3H7NO2.C2H7NO3S.C2H5NO2/c10-8(9(12)13)5-6-1-3-7(11)4-2-6;6-3(5(9)10)1-2-4(7)8;6-3-1-2-4(7)5(8)9;6-3(5(9)10)1-2-4(7)8;7-5(8)4-2-1-3-6-4;5-2(4(8)9)1-3(6)7;5-3-1-2-4(6)7;4-2(1-5)3(6)7;4-2(1-7)3(5)6;4-2-1-3(5)6;3-1-2-7(4,5)6;3-1-2(4)5/h1-4,8,11H,5,10H2,(H,12,13);3H,1-2,6H2,(H2,7,8)(H,9,10);4H,1-3,6-7H2,(H,8,9);3H,1-2,6H2,(H,7,8)(H,9,10);4,6H,1-3H2,(H,7,8);2H,1,5H2,(H,6,7)(H,8,9);1-3,5H2,(H,6,7);2,5H,1,4H2,(H,6,7);2,7H,1,4H2,(H,5,6);1-2,4H2,(H,5,6);1-3H2,(H,4,5,6);1,3H2,(H,4,5)/t8-;3-;4-;3-;4-;2-;;2*2-;;;/m000000.00.../s1. The molecule has 43 N–H and O–H groups in total. The zero-order valence-electron chi connectivity index (χ0n) is 53.0. The molecule has 8 atom stereocenters. The molecule has 1 heterocycles. The van der Waals surface area contributed by atoms with E-state index in [-0.39, 0.29) is 87.9 Å². The van der Waals surface area contributed by atoms with Crippen molar-refractivity contribution in [1.29, 1.82) is 0 Å². The third-order valence-corrected chi connectivity index (χ3v) is 10.5. The fourth-order valence-corrected chi connectivity index (χ4v) is 4.56. The van der Waals surface area contributed by atoms with Crippen molar-refractivity contribution in [3.05, 3.63) is 29.8 Å². The lowest BCUT2D eigenvalue weighted by molar-refractivity contribution is -0.144. The number of carboxylic acid groups (broad SMARTS) is 13. The number of aromatic hydroxyl groups is 1. The van der Waals surface area contributed by atoms with E-state index in [2.05, 4.69) is 23.7 Å². The molecule has 98 heavy (non-hydrogen) atoms. The van der Waals surface area contributed by atoms with Gasteiger partial charge in [0.15, 0.2) is 0 Å². The summed E-state index contributed by atoms with van der Waals surface area (Å²) in [4.78, 5) is 138. The Balaban J connectivity index is -0.000000109. The molecule has 0 aliphatic carbocycles. The molecule has 0 spiro atoms. The third kappa shape index (κ3) is 103. The maximum atomic E-state index is 10.4. The molecule has 1 aliphatic rings. The van der Waals surface area contributed by atoms with E-state index in [0.717, 1.165) is 24.9 Å². The minimum absolute atomic E-state index is 0.0213. The van der Waals surface area contributed by atoms with Gasteiger partial charge in [-0.1, -0.05) is 12.1 Å². The van der Waals surface area contributed by atoms with Crippen molar-refractivity contribution in [3.63, 3.8) is 0 Å². The van der Waals surface area contributed by atoms with E-state index in [1.165, 1.54) is 12.1 Å². The van der Waals surface area contributed by atoms with Gasteiger partial charge in [0.1, 0.15) is 54.1 Å². The van der Waals surface area contributed by atoms with Crippen molar-refractivity contribution in [3.8, 4) is 5.75 Å². The lowest BCUT2D eigenvalue weighted by atomic mass is 10.1. The number of rotatable bonds is 31. The summed E-state index contributed by atoms with van der Waals surface area (Å²) in [7, 11) is -3.80. The number of aliphatic carboxylic acids is 13. The zero-order valence-corrected chi connectivity index (χ0v) is 54.7. The number of thiol groups is 1. The number of nitrogens with one attached hydrogen (secondary N) is 1. The number of carbonyl (C=O) groups excluding carboxylic acids is 1. The van der Waals surface area contributed by atoms with Crippen LogP contribution in [-0.2, 0) is 83.7 Å². The number of primary amides is 1. The molecule has 46 nitrogen and oxygen atoms in total. The molecule has 0 saturated carbocycles. The summed E-state index contributed by atoms with van der Waals surface area (Å²) >= 11 is 3.65. The molecule has 48 heteroatoms. The Morgan fingerprint density at radius 2 is 0.857 bits per heavy atom.